The Morgan fingerprint density at radius 2 is 1.56 bits per heavy atom. The lowest BCUT2D eigenvalue weighted by Crippen LogP contribution is -2.68. The van der Waals surface area contributed by atoms with E-state index >= 15 is 4.39 Å². The van der Waals surface area contributed by atoms with Crippen LogP contribution in [0.3, 0.4) is 0 Å². The van der Waals surface area contributed by atoms with Crippen LogP contribution in [0.2, 0.25) is 23.2 Å². The lowest BCUT2D eigenvalue weighted by Gasteiger charge is -2.47. The monoisotopic (exact) mass is 748 g/mol. The Kier molecular flexibility index (Phi) is 11.2. The average molecular weight is 749 g/mol. The molecule has 0 aliphatic carbocycles. The van der Waals surface area contributed by atoms with Crippen molar-refractivity contribution < 1.29 is 22.8 Å². The molecule has 4 atom stereocenters. The maximum absolute atomic E-state index is 17.6. The highest BCUT2D eigenvalue weighted by Gasteiger charge is 2.61. The standard InChI is InChI=1S/C39H57FN6O4Si2/c1-13-39(24-48-52(38(7,8)9,27-20-16-14-17-21-27)28-22-18-15-19-23-28)31(50-51(11,12)37(4,5)6)29(40)35(49-39)46-25-42-30-32(41-10)43-36(44-33(30)46)45-34(47)26(2)3/h14-23,25-26,29,31,35H,13,24H2,1-12H3,(H2,41,43,44,45,47)/t29-,31+,35-,39-/m1/s1. The second-order valence-electron chi connectivity index (χ2n) is 16.7. The van der Waals surface area contributed by atoms with E-state index in [1.165, 1.54) is 6.33 Å². The minimum absolute atomic E-state index is 0.0940. The van der Waals surface area contributed by atoms with E-state index in [1.807, 2.05) is 19.1 Å². The van der Waals surface area contributed by atoms with Gasteiger partial charge in [-0.15, -0.1) is 0 Å². The fourth-order valence-electron chi connectivity index (χ4n) is 6.77. The molecular formula is C39H57FN6O4Si2. The SMILES string of the molecule is CC[C@]1(CO[Si](c2ccccc2)(c2ccccc2)C(C)(C)C)O[C@@H](n2cnc3c(NC)nc(NC(=O)C(C)C)nc32)[C@H](F)[C@@H]1O[Si](C)(C)C(C)(C)C. The Morgan fingerprint density at radius 3 is 2.04 bits per heavy atom. The van der Waals surface area contributed by atoms with Gasteiger partial charge in [0.25, 0.3) is 8.32 Å². The number of fused-ring (bicyclic) bond motifs is 1. The van der Waals surface area contributed by atoms with E-state index in [0.717, 1.165) is 10.4 Å². The van der Waals surface area contributed by atoms with E-state index in [9.17, 15) is 4.79 Å². The van der Waals surface area contributed by atoms with Crippen molar-refractivity contribution in [3.05, 3.63) is 67.0 Å². The van der Waals surface area contributed by atoms with Crippen molar-refractivity contribution in [2.24, 2.45) is 5.92 Å². The zero-order valence-corrected chi connectivity index (χ0v) is 34.9. The van der Waals surface area contributed by atoms with Crippen molar-refractivity contribution in [1.82, 2.24) is 19.5 Å². The molecule has 0 unspecified atom stereocenters. The number of halogens is 1. The lowest BCUT2D eigenvalue weighted by molar-refractivity contribution is -0.123. The molecule has 5 rings (SSSR count). The summed E-state index contributed by atoms with van der Waals surface area (Å²) in [6.45, 7) is 23.1. The molecule has 4 aromatic rings. The van der Waals surface area contributed by atoms with E-state index in [-0.39, 0.29) is 34.5 Å². The summed E-state index contributed by atoms with van der Waals surface area (Å²) in [4.78, 5) is 26.4. The largest absolute Gasteiger partial charge is 0.408 e. The van der Waals surface area contributed by atoms with Crippen LogP contribution in [0, 0.1) is 5.92 Å². The highest BCUT2D eigenvalue weighted by Crippen LogP contribution is 2.49. The van der Waals surface area contributed by atoms with Gasteiger partial charge in [-0.2, -0.15) is 9.97 Å². The summed E-state index contributed by atoms with van der Waals surface area (Å²) in [5.74, 6) is -0.0237. The molecule has 1 amide bonds. The molecule has 282 valence electrons. The number of ether oxygens (including phenoxy) is 1. The predicted octanol–water partition coefficient (Wildman–Crippen LogP) is 7.45. The molecular weight excluding hydrogens is 692 g/mol. The maximum atomic E-state index is 17.6. The van der Waals surface area contributed by atoms with Crippen LogP contribution in [-0.4, -0.2) is 73.6 Å². The molecule has 0 saturated carbocycles. The topological polar surface area (TPSA) is 112 Å². The number of anilines is 2. The Morgan fingerprint density at radius 1 is 0.981 bits per heavy atom. The maximum Gasteiger partial charge on any atom is 0.261 e. The number of alkyl halides is 1. The van der Waals surface area contributed by atoms with Crippen molar-refractivity contribution in [2.45, 2.75) is 116 Å². The smallest absolute Gasteiger partial charge is 0.261 e. The van der Waals surface area contributed by atoms with Crippen molar-refractivity contribution in [3.8, 4) is 0 Å². The van der Waals surface area contributed by atoms with Crippen LogP contribution in [0.25, 0.3) is 11.2 Å². The second-order valence-corrected chi connectivity index (χ2v) is 25.8. The van der Waals surface area contributed by atoms with Crippen LogP contribution in [0.5, 0.6) is 0 Å². The van der Waals surface area contributed by atoms with Crippen molar-refractivity contribution >= 4 is 55.8 Å². The zero-order valence-electron chi connectivity index (χ0n) is 32.9. The Bertz CT molecular complexity index is 1810. The van der Waals surface area contributed by atoms with Gasteiger partial charge in [-0.05, 0) is 40.0 Å². The van der Waals surface area contributed by atoms with E-state index < -0.39 is 40.7 Å². The molecule has 0 spiro atoms. The van der Waals surface area contributed by atoms with Crippen LogP contribution in [-0.2, 0) is 18.4 Å². The number of nitrogens with zero attached hydrogens (tertiary/aromatic N) is 4. The highest BCUT2D eigenvalue weighted by molar-refractivity contribution is 6.99. The predicted molar refractivity (Wildman–Crippen MR) is 212 cm³/mol. The molecule has 1 fully saturated rings. The van der Waals surface area contributed by atoms with Crippen molar-refractivity contribution in [2.75, 3.05) is 24.3 Å². The molecule has 13 heteroatoms. The fraction of sp³-hybridized carbons (Fsp3) is 0.538. The normalized spacial score (nSPS) is 21.5. The summed E-state index contributed by atoms with van der Waals surface area (Å²) < 4.78 is 40.8. The van der Waals surface area contributed by atoms with Gasteiger partial charge in [-0.3, -0.25) is 14.7 Å². The molecule has 1 aliphatic rings. The van der Waals surface area contributed by atoms with Crippen LogP contribution in [0.4, 0.5) is 16.2 Å². The molecule has 1 aliphatic heterocycles. The summed E-state index contributed by atoms with van der Waals surface area (Å²) in [6, 6.07) is 20.8. The number of nitrogens with one attached hydrogen (secondary N) is 2. The minimum Gasteiger partial charge on any atom is -0.408 e. The van der Waals surface area contributed by atoms with Gasteiger partial charge < -0.3 is 18.9 Å². The highest BCUT2D eigenvalue weighted by atomic mass is 28.4. The number of amides is 1. The third-order valence-corrected chi connectivity index (χ3v) is 20.3. The Balaban J connectivity index is 1.66. The number of imidazole rings is 1. The molecule has 10 nitrogen and oxygen atoms in total. The molecule has 52 heavy (non-hydrogen) atoms. The number of carbonyl (C=O) groups is 1. The lowest BCUT2D eigenvalue weighted by atomic mass is 9.94. The third-order valence-electron chi connectivity index (χ3n) is 10.9. The number of aromatic nitrogens is 4. The van der Waals surface area contributed by atoms with Gasteiger partial charge >= 0.3 is 0 Å². The van der Waals surface area contributed by atoms with Crippen LogP contribution < -0.4 is 21.0 Å². The average Bonchev–Trinajstić information content (AvgIpc) is 3.62. The van der Waals surface area contributed by atoms with Crippen LogP contribution in [0.1, 0.15) is 75.0 Å². The first kappa shape index (κ1) is 39.7. The second kappa shape index (κ2) is 14.7. The number of rotatable bonds is 12. The van der Waals surface area contributed by atoms with Gasteiger partial charge in [0.1, 0.15) is 11.7 Å². The summed E-state index contributed by atoms with van der Waals surface area (Å²) in [6.07, 6.45) is -1.74. The molecule has 2 aromatic carbocycles. The Hall–Kier alpha value is -3.50. The van der Waals surface area contributed by atoms with Crippen molar-refractivity contribution in [1.29, 1.82) is 0 Å². The summed E-state index contributed by atoms with van der Waals surface area (Å²) in [5, 5.41) is 7.59. The van der Waals surface area contributed by atoms with Gasteiger partial charge in [-0.1, -0.05) is 123 Å². The van der Waals surface area contributed by atoms with Gasteiger partial charge in [0.2, 0.25) is 11.9 Å². The first-order chi connectivity index (χ1) is 24.3. The molecule has 3 heterocycles. The fourth-order valence-corrected chi connectivity index (χ4v) is 12.7. The quantitative estimate of drug-likeness (QED) is 0.144. The van der Waals surface area contributed by atoms with Crippen molar-refractivity contribution in [3.63, 3.8) is 0 Å². The molecule has 2 aromatic heterocycles. The van der Waals surface area contributed by atoms with Crippen LogP contribution in [0.15, 0.2) is 67.0 Å². The minimum atomic E-state index is -3.04. The van der Waals surface area contributed by atoms with E-state index in [1.54, 1.807) is 25.5 Å². The van der Waals surface area contributed by atoms with Crippen LogP contribution >= 0.6 is 0 Å². The van der Waals surface area contributed by atoms with E-state index in [0.29, 0.717) is 23.4 Å². The molecule has 0 bridgehead atoms. The van der Waals surface area contributed by atoms with E-state index in [4.69, 9.17) is 13.6 Å². The zero-order chi connectivity index (χ0) is 38.3. The van der Waals surface area contributed by atoms with Gasteiger partial charge in [-0.25, -0.2) is 9.37 Å². The number of hydrogen-bond donors (Lipinski definition) is 2. The molecule has 1 saturated heterocycles. The number of carbonyl (C=O) groups excluding carboxylic acids is 1. The third kappa shape index (κ3) is 7.22. The first-order valence-electron chi connectivity index (χ1n) is 18.3. The summed E-state index contributed by atoms with van der Waals surface area (Å²) in [5.41, 5.74) is -0.409. The summed E-state index contributed by atoms with van der Waals surface area (Å²) in [7, 11) is -3.87. The summed E-state index contributed by atoms with van der Waals surface area (Å²) >= 11 is 0. The van der Waals surface area contributed by atoms with Gasteiger partial charge in [0.15, 0.2) is 37.7 Å². The Labute approximate surface area is 310 Å². The van der Waals surface area contributed by atoms with Gasteiger partial charge in [0, 0.05) is 13.0 Å². The molecule has 0 radical (unpaired) electrons. The first-order valence-corrected chi connectivity index (χ1v) is 23.1. The van der Waals surface area contributed by atoms with Gasteiger partial charge in [0.05, 0.1) is 12.9 Å². The molecule has 2 N–H and O–H groups in total. The number of benzene rings is 2. The van der Waals surface area contributed by atoms with E-state index in [2.05, 4.69) is 129 Å². The number of hydrogen-bond acceptors (Lipinski definition) is 8.